The van der Waals surface area contributed by atoms with E-state index in [2.05, 4.69) is 77.0 Å². The molecule has 11 heteroatoms. The number of aromatic nitrogens is 4. The van der Waals surface area contributed by atoms with Gasteiger partial charge in [0, 0.05) is 32.6 Å². The Morgan fingerprint density at radius 1 is 0.929 bits per heavy atom. The van der Waals surface area contributed by atoms with Crippen LogP contribution in [0.5, 0.6) is 0 Å². The molecule has 0 aromatic carbocycles. The second-order valence-corrected chi connectivity index (χ2v) is 12.8. The average Bonchev–Trinajstić information content (AvgIpc) is 3.44. The number of aliphatic hydroxyl groups excluding tert-OH is 2. The quantitative estimate of drug-likeness (QED) is 0.191. The number of fused-ring (bicyclic) bond motifs is 1. The largest absolute Gasteiger partial charge is 0.394 e. The summed E-state index contributed by atoms with van der Waals surface area (Å²) in [5.41, 5.74) is 0.942. The van der Waals surface area contributed by atoms with Crippen molar-refractivity contribution in [2.75, 3.05) is 32.8 Å². The van der Waals surface area contributed by atoms with Gasteiger partial charge in [-0.1, -0.05) is 61.3 Å². The van der Waals surface area contributed by atoms with Crippen molar-refractivity contribution in [3.63, 3.8) is 0 Å². The lowest BCUT2D eigenvalue weighted by atomic mass is 10.1. The maximum atomic E-state index is 10.4. The maximum Gasteiger partial charge on any atom is 0.254 e. The van der Waals surface area contributed by atoms with E-state index in [1.807, 2.05) is 12.7 Å². The minimum absolute atomic E-state index is 0.251. The molecule has 42 heavy (non-hydrogen) atoms. The Hall–Kier alpha value is -3.07. The van der Waals surface area contributed by atoms with Crippen LogP contribution in [0.4, 0.5) is 11.8 Å². The molecule has 0 bridgehead atoms. The molecule has 3 unspecified atom stereocenters. The molecule has 1 fully saturated rings. The van der Waals surface area contributed by atoms with E-state index < -0.39 is 18.4 Å². The Balaban J connectivity index is 2.18. The molecular formula is C31H50N8O3. The van der Waals surface area contributed by atoms with Crippen LogP contribution in [0.2, 0.25) is 0 Å². The molecular weight excluding hydrogens is 532 g/mol. The molecule has 3 heterocycles. The first-order valence-corrected chi connectivity index (χ1v) is 15.2. The van der Waals surface area contributed by atoms with E-state index in [-0.39, 0.29) is 19.0 Å². The molecule has 0 amide bonds. The predicted octanol–water partition coefficient (Wildman–Crippen LogP) is 4.39. The number of nitrogens with zero attached hydrogens (tertiary/aromatic N) is 8. The third-order valence-corrected chi connectivity index (χ3v) is 6.50. The SMILES string of the molecule is CC#Cc1nn(C2CC(O)C(CO)O2)c2nc(/N=C/N(CC(C)C)CC(C)C)nc(/N=C/N(CC(C)C)CC(C)C)c12. The van der Waals surface area contributed by atoms with Gasteiger partial charge in [0.05, 0.1) is 25.4 Å². The summed E-state index contributed by atoms with van der Waals surface area (Å²) in [7, 11) is 0. The summed E-state index contributed by atoms with van der Waals surface area (Å²) in [4.78, 5) is 23.5. The zero-order valence-corrected chi connectivity index (χ0v) is 26.8. The van der Waals surface area contributed by atoms with Gasteiger partial charge in [0.2, 0.25) is 0 Å². The molecule has 232 valence electrons. The molecule has 0 radical (unpaired) electrons. The predicted molar refractivity (Wildman–Crippen MR) is 168 cm³/mol. The summed E-state index contributed by atoms with van der Waals surface area (Å²) in [6.45, 7) is 22.4. The van der Waals surface area contributed by atoms with Crippen LogP contribution in [-0.4, -0.2) is 97.4 Å². The number of hydrogen-bond acceptors (Lipinski definition) is 8. The third-order valence-electron chi connectivity index (χ3n) is 6.50. The van der Waals surface area contributed by atoms with Crippen LogP contribution in [0, 0.1) is 35.5 Å². The summed E-state index contributed by atoms with van der Waals surface area (Å²) in [5, 5.41) is 25.5. The minimum Gasteiger partial charge on any atom is -0.394 e. The number of ether oxygens (including phenoxy) is 1. The van der Waals surface area contributed by atoms with E-state index in [0.717, 1.165) is 26.2 Å². The molecule has 11 nitrogen and oxygen atoms in total. The Morgan fingerprint density at radius 2 is 1.48 bits per heavy atom. The highest BCUT2D eigenvalue weighted by atomic mass is 16.5. The molecule has 2 aromatic heterocycles. The van der Waals surface area contributed by atoms with E-state index in [0.29, 0.717) is 46.2 Å². The number of aliphatic hydroxyl groups is 2. The third kappa shape index (κ3) is 9.21. The van der Waals surface area contributed by atoms with Crippen LogP contribution in [0.25, 0.3) is 11.0 Å². The number of hydrogen-bond donors (Lipinski definition) is 2. The molecule has 3 rings (SSSR count). The average molecular weight is 583 g/mol. The molecule has 1 aliphatic heterocycles. The summed E-state index contributed by atoms with van der Waals surface area (Å²) < 4.78 is 7.58. The fourth-order valence-corrected chi connectivity index (χ4v) is 5.08. The Labute approximate surface area is 251 Å². The van der Waals surface area contributed by atoms with Crippen molar-refractivity contribution in [3.05, 3.63) is 5.69 Å². The standard InChI is InChI=1S/C31H50N8O3/c1-10-11-24-28-29(32-18-37(13-20(2)3)14-21(4)5)34-31(33-19-38(15-22(6)7)16-23(8)9)35-30(28)39(36-24)27-12-25(41)26(17-40)42-27/h18-23,25-27,40-41H,12-17H2,1-9H3/b32-18+,33-19+. The van der Waals surface area contributed by atoms with Crippen molar-refractivity contribution < 1.29 is 14.9 Å². The first kappa shape index (κ1) is 33.4. The lowest BCUT2D eigenvalue weighted by Crippen LogP contribution is -2.30. The Kier molecular flexibility index (Phi) is 12.3. The monoisotopic (exact) mass is 582 g/mol. The molecule has 2 N–H and O–H groups in total. The van der Waals surface area contributed by atoms with Crippen molar-refractivity contribution in [2.24, 2.45) is 33.7 Å². The van der Waals surface area contributed by atoms with Gasteiger partial charge in [-0.3, -0.25) is 0 Å². The van der Waals surface area contributed by atoms with E-state index in [1.165, 1.54) is 0 Å². The highest BCUT2D eigenvalue weighted by Gasteiger charge is 2.36. The van der Waals surface area contributed by atoms with E-state index in [1.54, 1.807) is 11.6 Å². The molecule has 1 saturated heterocycles. The van der Waals surface area contributed by atoms with Crippen molar-refractivity contribution in [2.45, 2.75) is 87.2 Å². The lowest BCUT2D eigenvalue weighted by Gasteiger charge is -2.23. The lowest BCUT2D eigenvalue weighted by molar-refractivity contribution is -0.0470. The molecule has 2 aromatic rings. The van der Waals surface area contributed by atoms with E-state index in [9.17, 15) is 10.2 Å². The van der Waals surface area contributed by atoms with Gasteiger partial charge < -0.3 is 24.7 Å². The van der Waals surface area contributed by atoms with Crippen LogP contribution in [-0.2, 0) is 4.74 Å². The maximum absolute atomic E-state index is 10.4. The number of rotatable bonds is 14. The minimum atomic E-state index is -0.821. The summed E-state index contributed by atoms with van der Waals surface area (Å²) in [6, 6.07) is 0. The van der Waals surface area contributed by atoms with Gasteiger partial charge in [0.25, 0.3) is 5.95 Å². The topological polar surface area (TPSA) is 124 Å². The van der Waals surface area contributed by atoms with Crippen LogP contribution in [0.1, 0.15) is 80.7 Å². The van der Waals surface area contributed by atoms with Crippen molar-refractivity contribution in [1.82, 2.24) is 29.5 Å². The smallest absolute Gasteiger partial charge is 0.254 e. The summed E-state index contributed by atoms with van der Waals surface area (Å²) in [6.07, 6.45) is 1.76. The van der Waals surface area contributed by atoms with Crippen molar-refractivity contribution in [3.8, 4) is 11.8 Å². The van der Waals surface area contributed by atoms with Crippen LogP contribution >= 0.6 is 0 Å². The molecule has 0 aliphatic carbocycles. The van der Waals surface area contributed by atoms with Crippen LogP contribution in [0.15, 0.2) is 9.98 Å². The summed E-state index contributed by atoms with van der Waals surface area (Å²) in [5.74, 6) is 8.53. The molecule has 0 spiro atoms. The molecule has 0 saturated carbocycles. The van der Waals surface area contributed by atoms with Gasteiger partial charge in [-0.25, -0.2) is 14.7 Å². The van der Waals surface area contributed by atoms with E-state index >= 15 is 0 Å². The molecule has 1 aliphatic rings. The normalized spacial score (nSPS) is 19.4. The van der Waals surface area contributed by atoms with Gasteiger partial charge >= 0.3 is 0 Å². The first-order chi connectivity index (χ1) is 19.9. The second kappa shape index (κ2) is 15.4. The first-order valence-electron chi connectivity index (χ1n) is 15.2. The summed E-state index contributed by atoms with van der Waals surface area (Å²) >= 11 is 0. The van der Waals surface area contributed by atoms with Gasteiger partial charge in [0.15, 0.2) is 17.7 Å². The Bertz CT molecular complexity index is 1250. The van der Waals surface area contributed by atoms with Crippen LogP contribution in [0.3, 0.4) is 0 Å². The zero-order chi connectivity index (χ0) is 31.0. The molecule has 3 atom stereocenters. The van der Waals surface area contributed by atoms with Gasteiger partial charge in [-0.2, -0.15) is 15.1 Å². The second-order valence-electron chi connectivity index (χ2n) is 12.8. The van der Waals surface area contributed by atoms with Crippen molar-refractivity contribution in [1.29, 1.82) is 0 Å². The fraction of sp³-hybridized carbons (Fsp3) is 0.710. The van der Waals surface area contributed by atoms with Gasteiger partial charge in [-0.05, 0) is 36.5 Å². The Morgan fingerprint density at radius 3 is 1.95 bits per heavy atom. The fourth-order valence-electron chi connectivity index (χ4n) is 5.08. The van der Waals surface area contributed by atoms with Crippen molar-refractivity contribution >= 4 is 35.5 Å². The number of aliphatic imine (C=N–C) groups is 2. The van der Waals surface area contributed by atoms with E-state index in [4.69, 9.17) is 29.8 Å². The van der Waals surface area contributed by atoms with Crippen LogP contribution < -0.4 is 0 Å². The van der Waals surface area contributed by atoms with Gasteiger partial charge in [-0.15, -0.1) is 0 Å². The highest BCUT2D eigenvalue weighted by molar-refractivity contribution is 5.92. The zero-order valence-electron chi connectivity index (χ0n) is 26.8. The van der Waals surface area contributed by atoms with Gasteiger partial charge in [0.1, 0.15) is 17.2 Å². The highest BCUT2D eigenvalue weighted by Crippen LogP contribution is 2.35.